The molecule has 0 radical (unpaired) electrons. The molecule has 3 aromatic heterocycles. The molecule has 5 nitrogen and oxygen atoms in total. The van der Waals surface area contributed by atoms with Crippen molar-refractivity contribution in [3.63, 3.8) is 0 Å². The molecule has 0 aliphatic heterocycles. The van der Waals surface area contributed by atoms with Gasteiger partial charge < -0.3 is 10.1 Å². The number of carboxylic acids is 1. The van der Waals surface area contributed by atoms with E-state index in [9.17, 15) is 9.59 Å². The van der Waals surface area contributed by atoms with Gasteiger partial charge in [0.15, 0.2) is 5.16 Å². The number of aryl methyl sites for hydroxylation is 1. The van der Waals surface area contributed by atoms with Gasteiger partial charge in [-0.25, -0.2) is 4.98 Å². The van der Waals surface area contributed by atoms with Crippen LogP contribution in [-0.2, 0) is 11.2 Å². The quantitative estimate of drug-likeness (QED) is 0.364. The molecule has 24 heavy (non-hydrogen) atoms. The van der Waals surface area contributed by atoms with Crippen molar-refractivity contribution in [3.8, 4) is 10.4 Å². The van der Waals surface area contributed by atoms with Crippen LogP contribution in [0.15, 0.2) is 27.5 Å². The number of hydrogen-bond donors (Lipinski definition) is 2. The highest BCUT2D eigenvalue weighted by Gasteiger charge is 2.18. The van der Waals surface area contributed by atoms with Crippen molar-refractivity contribution in [2.24, 2.45) is 0 Å². The first-order valence-electron chi connectivity index (χ1n) is 7.54. The van der Waals surface area contributed by atoms with Crippen molar-refractivity contribution in [1.29, 1.82) is 0 Å². The largest absolute Gasteiger partial charge is 0.481 e. The first-order valence-corrected chi connectivity index (χ1v) is 10.2. The molecule has 0 aromatic carbocycles. The van der Waals surface area contributed by atoms with Gasteiger partial charge in [-0.05, 0) is 24.3 Å². The maximum Gasteiger partial charge on any atom is 0.303 e. The van der Waals surface area contributed by atoms with Crippen molar-refractivity contribution < 1.29 is 9.90 Å². The second-order valence-corrected chi connectivity index (χ2v) is 8.24. The lowest BCUT2D eigenvalue weighted by Gasteiger charge is -2.01. The third kappa shape index (κ3) is 3.55. The molecule has 3 rings (SSSR count). The highest BCUT2D eigenvalue weighted by atomic mass is 32.2. The maximum atomic E-state index is 12.6. The number of carbonyl (C=O) groups is 1. The molecule has 0 saturated heterocycles. The monoisotopic (exact) mass is 380 g/mol. The van der Waals surface area contributed by atoms with Gasteiger partial charge in [0.05, 0.1) is 5.39 Å². The third-order valence-electron chi connectivity index (χ3n) is 3.48. The number of carboxylic acid groups (broad SMARTS) is 1. The van der Waals surface area contributed by atoms with E-state index in [-0.39, 0.29) is 12.0 Å². The molecule has 0 amide bonds. The topological polar surface area (TPSA) is 83.0 Å². The van der Waals surface area contributed by atoms with Gasteiger partial charge in [0.2, 0.25) is 0 Å². The zero-order valence-electron chi connectivity index (χ0n) is 13.0. The van der Waals surface area contributed by atoms with Crippen molar-refractivity contribution in [2.45, 2.75) is 31.3 Å². The van der Waals surface area contributed by atoms with Gasteiger partial charge in [-0.3, -0.25) is 9.59 Å². The standard InChI is InChI=1S/C16H16N2O3S3/c1-2-9-12(10-5-3-7-22-10)13-14(21)17-16(18-15(13)24-9)23-8-4-6-11(19)20/h3,5,7H,2,4,6,8H2,1H3,(H,19,20)(H,17,18,21). The molecule has 3 heterocycles. The Bertz CT molecular complexity index is 913. The molecule has 0 unspecified atom stereocenters. The van der Waals surface area contributed by atoms with E-state index in [1.807, 2.05) is 17.5 Å². The molecule has 0 fully saturated rings. The Morgan fingerprint density at radius 1 is 1.46 bits per heavy atom. The second kappa shape index (κ2) is 7.50. The molecule has 3 aromatic rings. The lowest BCUT2D eigenvalue weighted by atomic mass is 10.1. The molecular formula is C16H16N2O3S3. The lowest BCUT2D eigenvalue weighted by Crippen LogP contribution is -2.09. The average Bonchev–Trinajstić information content (AvgIpc) is 3.17. The van der Waals surface area contributed by atoms with E-state index in [0.29, 0.717) is 22.7 Å². The average molecular weight is 381 g/mol. The Balaban J connectivity index is 1.95. The zero-order valence-corrected chi connectivity index (χ0v) is 15.4. The Labute approximate surface area is 150 Å². The van der Waals surface area contributed by atoms with E-state index in [1.54, 1.807) is 22.7 Å². The fourth-order valence-electron chi connectivity index (χ4n) is 2.43. The zero-order chi connectivity index (χ0) is 17.1. The van der Waals surface area contributed by atoms with Gasteiger partial charge in [-0.15, -0.1) is 22.7 Å². The van der Waals surface area contributed by atoms with Crippen LogP contribution in [0.25, 0.3) is 20.7 Å². The van der Waals surface area contributed by atoms with Crippen LogP contribution < -0.4 is 5.56 Å². The third-order valence-corrected chi connectivity index (χ3v) is 6.55. The van der Waals surface area contributed by atoms with Crippen LogP contribution in [-0.4, -0.2) is 26.8 Å². The van der Waals surface area contributed by atoms with E-state index in [1.165, 1.54) is 16.6 Å². The van der Waals surface area contributed by atoms with Crippen molar-refractivity contribution in [1.82, 2.24) is 9.97 Å². The predicted octanol–water partition coefficient (Wildman–Crippen LogP) is 4.23. The summed E-state index contributed by atoms with van der Waals surface area (Å²) in [6, 6.07) is 4.01. The molecule has 8 heteroatoms. The summed E-state index contributed by atoms with van der Waals surface area (Å²) in [5.74, 6) is -0.191. The van der Waals surface area contributed by atoms with Crippen LogP contribution in [0.5, 0.6) is 0 Å². The number of fused-ring (bicyclic) bond motifs is 1. The summed E-state index contributed by atoms with van der Waals surface area (Å²) in [4.78, 5) is 33.6. The molecule has 0 spiro atoms. The van der Waals surface area contributed by atoms with E-state index in [2.05, 4.69) is 16.9 Å². The number of aromatic nitrogens is 2. The maximum absolute atomic E-state index is 12.6. The lowest BCUT2D eigenvalue weighted by molar-refractivity contribution is -0.137. The second-order valence-electron chi connectivity index (χ2n) is 5.13. The van der Waals surface area contributed by atoms with Crippen molar-refractivity contribution in [3.05, 3.63) is 32.7 Å². The molecule has 2 N–H and O–H groups in total. The number of thiophene rings is 2. The van der Waals surface area contributed by atoms with E-state index < -0.39 is 5.97 Å². The van der Waals surface area contributed by atoms with E-state index in [4.69, 9.17) is 5.11 Å². The number of nitrogens with one attached hydrogen (secondary N) is 1. The summed E-state index contributed by atoms with van der Waals surface area (Å²) >= 11 is 4.58. The van der Waals surface area contributed by atoms with Gasteiger partial charge in [-0.2, -0.15) is 0 Å². The number of thioether (sulfide) groups is 1. The minimum Gasteiger partial charge on any atom is -0.481 e. The Hall–Kier alpha value is -1.64. The van der Waals surface area contributed by atoms with Crippen molar-refractivity contribution >= 4 is 50.6 Å². The number of aliphatic carboxylic acids is 1. The van der Waals surface area contributed by atoms with Crippen LogP contribution in [0.4, 0.5) is 0 Å². The van der Waals surface area contributed by atoms with Gasteiger partial charge >= 0.3 is 5.97 Å². The van der Waals surface area contributed by atoms with Gasteiger partial charge in [0, 0.05) is 27.5 Å². The predicted molar refractivity (Wildman–Crippen MR) is 101 cm³/mol. The van der Waals surface area contributed by atoms with Gasteiger partial charge in [-0.1, -0.05) is 24.8 Å². The van der Waals surface area contributed by atoms with Gasteiger partial charge in [0.25, 0.3) is 5.56 Å². The summed E-state index contributed by atoms with van der Waals surface area (Å²) in [6.45, 7) is 2.08. The normalized spacial score (nSPS) is 11.2. The highest BCUT2D eigenvalue weighted by molar-refractivity contribution is 7.99. The Kier molecular flexibility index (Phi) is 5.37. The SMILES string of the molecule is CCc1sc2nc(SCCCC(=O)O)[nH]c(=O)c2c1-c1cccs1. The summed E-state index contributed by atoms with van der Waals surface area (Å²) in [5.41, 5.74) is 0.878. The van der Waals surface area contributed by atoms with E-state index in [0.717, 1.165) is 21.7 Å². The smallest absolute Gasteiger partial charge is 0.303 e. The molecule has 0 saturated carbocycles. The highest BCUT2D eigenvalue weighted by Crippen LogP contribution is 2.39. The molecule has 0 atom stereocenters. The first kappa shape index (κ1) is 17.2. The molecule has 0 bridgehead atoms. The minimum atomic E-state index is -0.807. The molecule has 126 valence electrons. The Morgan fingerprint density at radius 2 is 2.29 bits per heavy atom. The summed E-state index contributed by atoms with van der Waals surface area (Å²) in [6.07, 6.45) is 1.53. The Morgan fingerprint density at radius 3 is 2.96 bits per heavy atom. The molecule has 0 aliphatic rings. The van der Waals surface area contributed by atoms with E-state index >= 15 is 0 Å². The summed E-state index contributed by atoms with van der Waals surface area (Å²) in [5, 5.41) is 11.9. The fourth-order valence-corrected chi connectivity index (χ4v) is 5.28. The number of nitrogens with zero attached hydrogens (tertiary/aromatic N) is 1. The molecular weight excluding hydrogens is 364 g/mol. The summed E-state index contributed by atoms with van der Waals surface area (Å²) < 4.78 is 0. The van der Waals surface area contributed by atoms with Gasteiger partial charge in [0.1, 0.15) is 4.83 Å². The van der Waals surface area contributed by atoms with Crippen LogP contribution >= 0.6 is 34.4 Å². The fraction of sp³-hybridized carbons (Fsp3) is 0.312. The number of rotatable bonds is 7. The minimum absolute atomic E-state index is 0.125. The number of hydrogen-bond acceptors (Lipinski definition) is 6. The van der Waals surface area contributed by atoms with Crippen LogP contribution in [0, 0.1) is 0 Å². The van der Waals surface area contributed by atoms with Crippen LogP contribution in [0.1, 0.15) is 24.6 Å². The van der Waals surface area contributed by atoms with Crippen LogP contribution in [0.2, 0.25) is 0 Å². The van der Waals surface area contributed by atoms with Crippen molar-refractivity contribution in [2.75, 3.05) is 5.75 Å². The summed E-state index contributed by atoms with van der Waals surface area (Å²) in [7, 11) is 0. The van der Waals surface area contributed by atoms with Crippen LogP contribution in [0.3, 0.4) is 0 Å². The first-order chi connectivity index (χ1) is 11.6. The molecule has 0 aliphatic carbocycles. The number of aromatic amines is 1. The number of H-pyrrole nitrogens is 1.